The van der Waals surface area contributed by atoms with Crippen LogP contribution < -0.4 is 4.74 Å². The highest BCUT2D eigenvalue weighted by Crippen LogP contribution is 2.29. The van der Waals surface area contributed by atoms with Crippen molar-refractivity contribution >= 4 is 11.8 Å². The first kappa shape index (κ1) is 13.7. The molecule has 0 bridgehead atoms. The molecule has 0 atom stereocenters. The zero-order valence-corrected chi connectivity index (χ0v) is 10.7. The number of para-hydroxylation sites is 1. The SMILES string of the molecule is C/C=C/c1ccccc1Oc1cc(F)cc([N+](=O)[O-])c1. The van der Waals surface area contributed by atoms with Gasteiger partial charge in [0, 0.05) is 11.6 Å². The minimum Gasteiger partial charge on any atom is -0.456 e. The predicted molar refractivity (Wildman–Crippen MR) is 74.3 cm³/mol. The second kappa shape index (κ2) is 5.97. The lowest BCUT2D eigenvalue weighted by molar-refractivity contribution is -0.385. The Morgan fingerprint density at radius 1 is 1.25 bits per heavy atom. The number of nitro benzene ring substituents is 1. The molecular weight excluding hydrogens is 261 g/mol. The molecule has 0 saturated heterocycles. The fourth-order valence-electron chi connectivity index (χ4n) is 1.73. The van der Waals surface area contributed by atoms with Crippen LogP contribution in [0.15, 0.2) is 48.5 Å². The lowest BCUT2D eigenvalue weighted by atomic mass is 10.2. The summed E-state index contributed by atoms with van der Waals surface area (Å²) < 4.78 is 18.9. The number of rotatable bonds is 4. The topological polar surface area (TPSA) is 52.4 Å². The smallest absolute Gasteiger partial charge is 0.276 e. The fourth-order valence-corrected chi connectivity index (χ4v) is 1.73. The van der Waals surface area contributed by atoms with Crippen molar-refractivity contribution in [3.05, 3.63) is 70.0 Å². The minimum absolute atomic E-state index is 0.0913. The van der Waals surface area contributed by atoms with Crippen molar-refractivity contribution in [2.24, 2.45) is 0 Å². The summed E-state index contributed by atoms with van der Waals surface area (Å²) in [5, 5.41) is 10.7. The Labute approximate surface area is 115 Å². The van der Waals surface area contributed by atoms with E-state index in [0.29, 0.717) is 5.75 Å². The normalized spacial score (nSPS) is 10.7. The first-order valence-electron chi connectivity index (χ1n) is 5.94. The van der Waals surface area contributed by atoms with Crippen molar-refractivity contribution < 1.29 is 14.1 Å². The summed E-state index contributed by atoms with van der Waals surface area (Å²) in [4.78, 5) is 10.0. The van der Waals surface area contributed by atoms with E-state index >= 15 is 0 Å². The minimum atomic E-state index is -0.710. The molecule has 2 rings (SSSR count). The van der Waals surface area contributed by atoms with E-state index in [9.17, 15) is 14.5 Å². The third-order valence-corrected chi connectivity index (χ3v) is 2.56. The van der Waals surface area contributed by atoms with Gasteiger partial charge in [-0.25, -0.2) is 4.39 Å². The average Bonchev–Trinajstić information content (AvgIpc) is 2.40. The van der Waals surface area contributed by atoms with Gasteiger partial charge in [-0.3, -0.25) is 10.1 Å². The van der Waals surface area contributed by atoms with E-state index in [1.165, 1.54) is 6.07 Å². The average molecular weight is 273 g/mol. The highest BCUT2D eigenvalue weighted by molar-refractivity contribution is 5.58. The zero-order chi connectivity index (χ0) is 14.5. The molecule has 0 aliphatic carbocycles. The Hall–Kier alpha value is -2.69. The van der Waals surface area contributed by atoms with Gasteiger partial charge in [-0.05, 0) is 13.0 Å². The molecule has 20 heavy (non-hydrogen) atoms. The maximum absolute atomic E-state index is 13.3. The van der Waals surface area contributed by atoms with Gasteiger partial charge in [0.2, 0.25) is 0 Å². The molecule has 102 valence electrons. The maximum atomic E-state index is 13.3. The Bertz CT molecular complexity index is 668. The first-order valence-corrected chi connectivity index (χ1v) is 5.94. The van der Waals surface area contributed by atoms with E-state index in [0.717, 1.165) is 17.7 Å². The van der Waals surface area contributed by atoms with Crippen LogP contribution in [0.3, 0.4) is 0 Å². The molecule has 0 aliphatic heterocycles. The van der Waals surface area contributed by atoms with E-state index in [1.807, 2.05) is 31.2 Å². The van der Waals surface area contributed by atoms with Crippen LogP contribution in [0.5, 0.6) is 11.5 Å². The van der Waals surface area contributed by atoms with Crippen LogP contribution in [0, 0.1) is 15.9 Å². The number of allylic oxidation sites excluding steroid dienone is 1. The fraction of sp³-hybridized carbons (Fsp3) is 0.0667. The van der Waals surface area contributed by atoms with Gasteiger partial charge in [0.1, 0.15) is 17.3 Å². The summed E-state index contributed by atoms with van der Waals surface area (Å²) >= 11 is 0. The summed E-state index contributed by atoms with van der Waals surface area (Å²) in [5.74, 6) is -0.114. The van der Waals surface area contributed by atoms with Gasteiger partial charge in [-0.1, -0.05) is 30.4 Å². The highest BCUT2D eigenvalue weighted by atomic mass is 19.1. The third kappa shape index (κ3) is 3.20. The molecule has 0 saturated carbocycles. The Morgan fingerprint density at radius 3 is 2.70 bits per heavy atom. The van der Waals surface area contributed by atoms with Crippen molar-refractivity contribution in [1.82, 2.24) is 0 Å². The predicted octanol–water partition coefficient (Wildman–Crippen LogP) is 4.56. The number of ether oxygens (including phenoxy) is 1. The zero-order valence-electron chi connectivity index (χ0n) is 10.7. The number of hydrogen-bond acceptors (Lipinski definition) is 3. The molecule has 0 radical (unpaired) electrons. The summed E-state index contributed by atoms with van der Waals surface area (Å²) in [6.45, 7) is 1.86. The first-order chi connectivity index (χ1) is 9.60. The number of benzene rings is 2. The Kier molecular flexibility index (Phi) is 4.10. The molecular formula is C15H12FNO3. The van der Waals surface area contributed by atoms with Crippen molar-refractivity contribution in [3.63, 3.8) is 0 Å². The van der Waals surface area contributed by atoms with E-state index in [2.05, 4.69) is 0 Å². The molecule has 5 heteroatoms. The molecule has 0 spiro atoms. The molecule has 2 aromatic carbocycles. The van der Waals surface area contributed by atoms with Crippen LogP contribution >= 0.6 is 0 Å². The second-order valence-corrected chi connectivity index (χ2v) is 4.04. The standard InChI is InChI=1S/C15H12FNO3/c1-2-5-11-6-3-4-7-15(11)20-14-9-12(16)8-13(10-14)17(18)19/h2-10H,1H3/b5-2+. The van der Waals surface area contributed by atoms with Crippen LogP contribution in [0.1, 0.15) is 12.5 Å². The highest BCUT2D eigenvalue weighted by Gasteiger charge is 2.12. The van der Waals surface area contributed by atoms with E-state index in [1.54, 1.807) is 12.1 Å². The second-order valence-electron chi connectivity index (χ2n) is 4.04. The molecule has 0 N–H and O–H groups in total. The molecule has 0 heterocycles. The summed E-state index contributed by atoms with van der Waals surface area (Å²) in [6.07, 6.45) is 3.68. The number of non-ortho nitro benzene ring substituents is 1. The molecule has 0 amide bonds. The van der Waals surface area contributed by atoms with Crippen LogP contribution in [-0.2, 0) is 0 Å². The lowest BCUT2D eigenvalue weighted by Gasteiger charge is -2.08. The van der Waals surface area contributed by atoms with Gasteiger partial charge >= 0.3 is 0 Å². The van der Waals surface area contributed by atoms with Gasteiger partial charge in [0.15, 0.2) is 0 Å². The quantitative estimate of drug-likeness (QED) is 0.606. The largest absolute Gasteiger partial charge is 0.456 e. The summed E-state index contributed by atoms with van der Waals surface area (Å²) in [5.41, 5.74) is 0.463. The Balaban J connectivity index is 2.37. The van der Waals surface area contributed by atoms with Crippen molar-refractivity contribution in [2.45, 2.75) is 6.92 Å². The van der Waals surface area contributed by atoms with Gasteiger partial charge in [0.05, 0.1) is 17.1 Å². The molecule has 4 nitrogen and oxygen atoms in total. The monoisotopic (exact) mass is 273 g/mol. The van der Waals surface area contributed by atoms with E-state index in [4.69, 9.17) is 4.74 Å². The molecule has 0 aromatic heterocycles. The summed E-state index contributed by atoms with van der Waals surface area (Å²) in [7, 11) is 0. The van der Waals surface area contributed by atoms with Gasteiger partial charge < -0.3 is 4.74 Å². The summed E-state index contributed by atoms with van der Waals surface area (Å²) in [6, 6.07) is 10.3. The van der Waals surface area contributed by atoms with Crippen molar-refractivity contribution in [2.75, 3.05) is 0 Å². The van der Waals surface area contributed by atoms with Crippen molar-refractivity contribution in [1.29, 1.82) is 0 Å². The number of nitrogens with zero attached hydrogens (tertiary/aromatic N) is 1. The molecule has 0 aliphatic rings. The molecule has 0 unspecified atom stereocenters. The lowest BCUT2D eigenvalue weighted by Crippen LogP contribution is -1.92. The number of hydrogen-bond donors (Lipinski definition) is 0. The number of halogens is 1. The van der Waals surface area contributed by atoms with Crippen LogP contribution in [0.2, 0.25) is 0 Å². The van der Waals surface area contributed by atoms with E-state index in [-0.39, 0.29) is 11.4 Å². The van der Waals surface area contributed by atoms with Gasteiger partial charge in [-0.15, -0.1) is 0 Å². The van der Waals surface area contributed by atoms with Gasteiger partial charge in [-0.2, -0.15) is 0 Å². The molecule has 0 fully saturated rings. The van der Waals surface area contributed by atoms with Crippen LogP contribution in [-0.4, -0.2) is 4.92 Å². The third-order valence-electron chi connectivity index (χ3n) is 2.56. The van der Waals surface area contributed by atoms with E-state index < -0.39 is 10.7 Å². The van der Waals surface area contributed by atoms with Crippen molar-refractivity contribution in [3.8, 4) is 11.5 Å². The number of nitro groups is 1. The molecule has 2 aromatic rings. The van der Waals surface area contributed by atoms with Gasteiger partial charge in [0.25, 0.3) is 5.69 Å². The van der Waals surface area contributed by atoms with Crippen LogP contribution in [0.25, 0.3) is 6.08 Å². The maximum Gasteiger partial charge on any atom is 0.276 e. The Morgan fingerprint density at radius 2 is 2.00 bits per heavy atom. The van der Waals surface area contributed by atoms with Crippen LogP contribution in [0.4, 0.5) is 10.1 Å².